The number of carbonyl (C=O) groups is 1. The molecule has 132 valence electrons. The molecule has 0 spiro atoms. The first-order valence-electron chi connectivity index (χ1n) is 7.65. The number of nitriles is 1. The van der Waals surface area contributed by atoms with Crippen LogP contribution in [0.2, 0.25) is 5.02 Å². The van der Waals surface area contributed by atoms with Crippen LogP contribution in [-0.2, 0) is 4.79 Å². The van der Waals surface area contributed by atoms with Crippen molar-refractivity contribution in [2.75, 3.05) is 16.8 Å². The van der Waals surface area contributed by atoms with Crippen LogP contribution >= 0.6 is 11.6 Å². The van der Waals surface area contributed by atoms with Crippen LogP contribution in [0.15, 0.2) is 60.3 Å². The zero-order valence-electron chi connectivity index (χ0n) is 13.8. The van der Waals surface area contributed by atoms with E-state index in [9.17, 15) is 20.2 Å². The van der Waals surface area contributed by atoms with Crippen molar-refractivity contribution in [1.82, 2.24) is 0 Å². The highest BCUT2D eigenvalue weighted by molar-refractivity contribution is 6.34. The SMILES string of the molecule is CCN(/C=C(/C#N)C(=O)Nc1cc([N+](=O)[O-])ccc1Cl)c1ccccc1. The fraction of sp³-hybridized carbons (Fsp3) is 0.111. The van der Waals surface area contributed by atoms with Gasteiger partial charge >= 0.3 is 0 Å². The number of nitro groups is 1. The number of benzene rings is 2. The van der Waals surface area contributed by atoms with Crippen LogP contribution in [0.25, 0.3) is 0 Å². The number of non-ortho nitro benzene ring substituents is 1. The monoisotopic (exact) mass is 370 g/mol. The fourth-order valence-corrected chi connectivity index (χ4v) is 2.34. The van der Waals surface area contributed by atoms with E-state index in [0.29, 0.717) is 6.54 Å². The Bertz CT molecular complexity index is 891. The summed E-state index contributed by atoms with van der Waals surface area (Å²) in [5, 5.41) is 22.8. The number of hydrogen-bond acceptors (Lipinski definition) is 5. The summed E-state index contributed by atoms with van der Waals surface area (Å²) in [6.45, 7) is 2.42. The highest BCUT2D eigenvalue weighted by atomic mass is 35.5. The number of halogens is 1. The smallest absolute Gasteiger partial charge is 0.271 e. The third kappa shape index (κ3) is 4.59. The summed E-state index contributed by atoms with van der Waals surface area (Å²) in [4.78, 5) is 24.4. The van der Waals surface area contributed by atoms with Gasteiger partial charge in [-0.25, -0.2) is 0 Å². The van der Waals surface area contributed by atoms with E-state index in [-0.39, 0.29) is 22.0 Å². The number of carbonyl (C=O) groups excluding carboxylic acids is 1. The van der Waals surface area contributed by atoms with E-state index in [1.54, 1.807) is 4.90 Å². The van der Waals surface area contributed by atoms with Crippen molar-refractivity contribution in [2.45, 2.75) is 6.92 Å². The summed E-state index contributed by atoms with van der Waals surface area (Å²) in [5.74, 6) is -0.704. The molecule has 2 aromatic rings. The lowest BCUT2D eigenvalue weighted by Crippen LogP contribution is -2.20. The number of nitro benzene ring substituents is 1. The Morgan fingerprint density at radius 2 is 2.04 bits per heavy atom. The van der Waals surface area contributed by atoms with Gasteiger partial charge in [0, 0.05) is 30.6 Å². The molecule has 0 aliphatic heterocycles. The number of amides is 1. The molecule has 0 aliphatic carbocycles. The highest BCUT2D eigenvalue weighted by Gasteiger charge is 2.16. The van der Waals surface area contributed by atoms with Gasteiger partial charge < -0.3 is 10.2 Å². The van der Waals surface area contributed by atoms with E-state index in [1.807, 2.05) is 43.3 Å². The topological polar surface area (TPSA) is 99.3 Å². The molecule has 0 aliphatic rings. The molecule has 0 fully saturated rings. The Labute approximate surface area is 155 Å². The van der Waals surface area contributed by atoms with Gasteiger partial charge in [0.25, 0.3) is 11.6 Å². The van der Waals surface area contributed by atoms with Crippen molar-refractivity contribution < 1.29 is 9.72 Å². The van der Waals surface area contributed by atoms with Gasteiger partial charge in [0.15, 0.2) is 0 Å². The number of nitrogens with zero attached hydrogens (tertiary/aromatic N) is 3. The molecule has 2 aromatic carbocycles. The molecule has 2 rings (SSSR count). The molecule has 26 heavy (non-hydrogen) atoms. The van der Waals surface area contributed by atoms with Gasteiger partial charge in [-0.05, 0) is 25.1 Å². The minimum absolute atomic E-state index is 0.0646. The van der Waals surface area contributed by atoms with Crippen LogP contribution in [0.5, 0.6) is 0 Å². The largest absolute Gasteiger partial charge is 0.347 e. The number of rotatable bonds is 6. The first-order chi connectivity index (χ1) is 12.5. The molecule has 0 bridgehead atoms. The molecule has 0 radical (unpaired) electrons. The zero-order chi connectivity index (χ0) is 19.1. The Morgan fingerprint density at radius 1 is 1.35 bits per heavy atom. The molecular formula is C18H15ClN4O3. The van der Waals surface area contributed by atoms with Gasteiger partial charge in [0.05, 0.1) is 15.6 Å². The minimum atomic E-state index is -0.704. The number of hydrogen-bond donors (Lipinski definition) is 1. The Balaban J connectivity index is 2.28. The third-order valence-electron chi connectivity index (χ3n) is 3.49. The van der Waals surface area contributed by atoms with E-state index >= 15 is 0 Å². The summed E-state index contributed by atoms with van der Waals surface area (Å²) in [7, 11) is 0. The quantitative estimate of drug-likeness (QED) is 0.357. The zero-order valence-corrected chi connectivity index (χ0v) is 14.6. The maximum absolute atomic E-state index is 12.4. The van der Waals surface area contributed by atoms with Gasteiger partial charge in [-0.15, -0.1) is 0 Å². The second kappa shape index (κ2) is 8.65. The second-order valence-corrected chi connectivity index (χ2v) is 5.56. The molecule has 0 heterocycles. The van der Waals surface area contributed by atoms with Crippen LogP contribution in [0, 0.1) is 21.4 Å². The summed E-state index contributed by atoms with van der Waals surface area (Å²) in [6.07, 6.45) is 1.43. The van der Waals surface area contributed by atoms with Crippen LogP contribution in [0.3, 0.4) is 0 Å². The van der Waals surface area contributed by atoms with Crippen LogP contribution in [0.4, 0.5) is 17.1 Å². The predicted octanol–water partition coefficient (Wildman–Crippen LogP) is 4.12. The molecule has 1 N–H and O–H groups in total. The average Bonchev–Trinajstić information content (AvgIpc) is 2.65. The lowest BCUT2D eigenvalue weighted by atomic mass is 10.2. The first kappa shape index (κ1) is 19.0. The number of anilines is 2. The van der Waals surface area contributed by atoms with Gasteiger partial charge in [-0.1, -0.05) is 29.8 Å². The molecular weight excluding hydrogens is 356 g/mol. The highest BCUT2D eigenvalue weighted by Crippen LogP contribution is 2.27. The van der Waals surface area contributed by atoms with Gasteiger partial charge in [-0.3, -0.25) is 14.9 Å². The molecule has 1 amide bonds. The summed E-state index contributed by atoms with van der Waals surface area (Å²) >= 11 is 5.97. The van der Waals surface area contributed by atoms with Crippen molar-refractivity contribution in [3.63, 3.8) is 0 Å². The average molecular weight is 371 g/mol. The minimum Gasteiger partial charge on any atom is -0.347 e. The maximum Gasteiger partial charge on any atom is 0.271 e. The van der Waals surface area contributed by atoms with Gasteiger partial charge in [0.2, 0.25) is 0 Å². The van der Waals surface area contributed by atoms with Gasteiger partial charge in [-0.2, -0.15) is 5.26 Å². The van der Waals surface area contributed by atoms with E-state index < -0.39 is 10.8 Å². The third-order valence-corrected chi connectivity index (χ3v) is 3.82. The summed E-state index contributed by atoms with van der Waals surface area (Å²) in [5.41, 5.74) is 0.517. The first-order valence-corrected chi connectivity index (χ1v) is 8.03. The number of para-hydroxylation sites is 1. The Morgan fingerprint density at radius 3 is 2.62 bits per heavy atom. The normalized spacial score (nSPS) is 10.7. The van der Waals surface area contributed by atoms with Crippen molar-refractivity contribution in [3.8, 4) is 6.07 Å². The fourth-order valence-electron chi connectivity index (χ4n) is 2.17. The Kier molecular flexibility index (Phi) is 6.31. The molecule has 8 heteroatoms. The molecule has 0 saturated heterocycles. The van der Waals surface area contributed by atoms with Crippen molar-refractivity contribution >= 4 is 34.6 Å². The van der Waals surface area contributed by atoms with E-state index in [0.717, 1.165) is 11.8 Å². The maximum atomic E-state index is 12.4. The predicted molar refractivity (Wildman–Crippen MR) is 99.9 cm³/mol. The molecule has 7 nitrogen and oxygen atoms in total. The van der Waals surface area contributed by atoms with Crippen molar-refractivity contribution in [1.29, 1.82) is 5.26 Å². The van der Waals surface area contributed by atoms with E-state index in [2.05, 4.69) is 5.32 Å². The lowest BCUT2D eigenvalue weighted by molar-refractivity contribution is -0.384. The Hall–Kier alpha value is -3.37. The van der Waals surface area contributed by atoms with E-state index in [4.69, 9.17) is 11.6 Å². The second-order valence-electron chi connectivity index (χ2n) is 5.15. The van der Waals surface area contributed by atoms with Gasteiger partial charge in [0.1, 0.15) is 11.6 Å². The summed E-state index contributed by atoms with van der Waals surface area (Å²) in [6, 6.07) is 14.8. The van der Waals surface area contributed by atoms with Crippen molar-refractivity contribution in [2.24, 2.45) is 0 Å². The summed E-state index contributed by atoms with van der Waals surface area (Å²) < 4.78 is 0. The standard InChI is InChI=1S/C18H15ClN4O3/c1-2-22(14-6-4-3-5-7-14)12-13(11-20)18(24)21-17-10-15(23(25)26)8-9-16(17)19/h3-10,12H,2H2,1H3,(H,21,24)/b13-12-. The van der Waals surface area contributed by atoms with Crippen LogP contribution in [-0.4, -0.2) is 17.4 Å². The molecule has 0 aromatic heterocycles. The molecule has 0 saturated carbocycles. The van der Waals surface area contributed by atoms with Crippen LogP contribution in [0.1, 0.15) is 6.92 Å². The van der Waals surface area contributed by atoms with Crippen molar-refractivity contribution in [3.05, 3.63) is 75.4 Å². The number of nitrogens with one attached hydrogen (secondary N) is 1. The molecule has 0 atom stereocenters. The van der Waals surface area contributed by atoms with Crippen LogP contribution < -0.4 is 10.2 Å². The van der Waals surface area contributed by atoms with E-state index in [1.165, 1.54) is 18.3 Å². The lowest BCUT2D eigenvalue weighted by Gasteiger charge is -2.18. The molecule has 0 unspecified atom stereocenters.